The summed E-state index contributed by atoms with van der Waals surface area (Å²) in [6.07, 6.45) is 4.45. The van der Waals surface area contributed by atoms with Gasteiger partial charge in [0, 0.05) is 12.2 Å². The Kier molecular flexibility index (Phi) is 2.72. The molecule has 0 unspecified atom stereocenters. The van der Waals surface area contributed by atoms with E-state index in [0.717, 1.165) is 5.57 Å². The van der Waals surface area contributed by atoms with Crippen LogP contribution in [0.1, 0.15) is 27.7 Å². The Labute approximate surface area is 106 Å². The highest BCUT2D eigenvalue weighted by Crippen LogP contribution is 2.38. The van der Waals surface area contributed by atoms with Gasteiger partial charge in [0.15, 0.2) is 0 Å². The molecule has 0 aromatic rings. The van der Waals surface area contributed by atoms with Gasteiger partial charge >= 0.3 is 0 Å². The maximum absolute atomic E-state index is 11.5. The summed E-state index contributed by atoms with van der Waals surface area (Å²) in [6.45, 7) is 7.72. The maximum Gasteiger partial charge on any atom is 0.253 e. The first-order valence-electron chi connectivity index (χ1n) is 5.91. The summed E-state index contributed by atoms with van der Waals surface area (Å²) in [5.41, 5.74) is -0.231. The number of carbonyl (C=O) groups is 2. The third-order valence-electron chi connectivity index (χ3n) is 3.62. The van der Waals surface area contributed by atoms with Crippen molar-refractivity contribution in [2.75, 3.05) is 6.54 Å². The summed E-state index contributed by atoms with van der Waals surface area (Å²) in [5, 5.41) is 11.4. The van der Waals surface area contributed by atoms with Crippen LogP contribution >= 0.6 is 0 Å². The molecule has 2 aliphatic heterocycles. The molecular weight excluding hydrogens is 232 g/mol. The van der Waals surface area contributed by atoms with E-state index in [1.807, 2.05) is 33.8 Å². The van der Waals surface area contributed by atoms with Crippen molar-refractivity contribution in [3.05, 3.63) is 23.8 Å². The van der Waals surface area contributed by atoms with Gasteiger partial charge in [-0.05, 0) is 33.3 Å². The summed E-state index contributed by atoms with van der Waals surface area (Å²) >= 11 is 0. The number of hydroxylamine groups is 2. The largest absolute Gasteiger partial charge is 0.312 e. The smallest absolute Gasteiger partial charge is 0.253 e. The summed E-state index contributed by atoms with van der Waals surface area (Å²) in [4.78, 5) is 24.3. The fourth-order valence-corrected chi connectivity index (χ4v) is 2.52. The van der Waals surface area contributed by atoms with Crippen LogP contribution in [0.3, 0.4) is 0 Å². The quantitative estimate of drug-likeness (QED) is 0.589. The standard InChI is InChI=1S/C13H18N2O3/c1-12(2)7-9(13(3,4)15(12)18)8-14-10(16)5-6-11(14)17/h5-7,18H,8H2,1-4H3. The van der Waals surface area contributed by atoms with Crippen LogP contribution in [-0.2, 0) is 9.59 Å². The number of rotatable bonds is 2. The summed E-state index contributed by atoms with van der Waals surface area (Å²) in [7, 11) is 0. The zero-order valence-electron chi connectivity index (χ0n) is 11.1. The molecule has 5 heteroatoms. The van der Waals surface area contributed by atoms with Crippen molar-refractivity contribution in [2.24, 2.45) is 0 Å². The molecule has 2 amide bonds. The molecule has 98 valence electrons. The first-order valence-corrected chi connectivity index (χ1v) is 5.91. The Morgan fingerprint density at radius 3 is 2.00 bits per heavy atom. The van der Waals surface area contributed by atoms with Gasteiger partial charge in [-0.15, -0.1) is 0 Å². The average molecular weight is 250 g/mol. The number of hydrogen-bond donors (Lipinski definition) is 1. The molecule has 1 N–H and O–H groups in total. The Balaban J connectivity index is 2.25. The third-order valence-corrected chi connectivity index (χ3v) is 3.62. The van der Waals surface area contributed by atoms with Crippen LogP contribution in [0.5, 0.6) is 0 Å². The van der Waals surface area contributed by atoms with Crippen LogP contribution in [0.2, 0.25) is 0 Å². The van der Waals surface area contributed by atoms with Crippen LogP contribution in [-0.4, -0.2) is 44.6 Å². The first-order chi connectivity index (χ1) is 8.16. The SMILES string of the molecule is CC1(C)C=C(CN2C(=O)C=CC2=O)C(C)(C)N1O. The second kappa shape index (κ2) is 3.76. The van der Waals surface area contributed by atoms with Crippen molar-refractivity contribution < 1.29 is 14.8 Å². The number of carbonyl (C=O) groups excluding carboxylic acids is 2. The van der Waals surface area contributed by atoms with Crippen LogP contribution in [0, 0.1) is 0 Å². The van der Waals surface area contributed by atoms with E-state index in [9.17, 15) is 14.8 Å². The molecule has 0 aromatic heterocycles. The molecule has 0 fully saturated rings. The Hall–Kier alpha value is -1.46. The molecule has 0 spiro atoms. The topological polar surface area (TPSA) is 60.9 Å². The number of imide groups is 1. The summed E-state index contributed by atoms with van der Waals surface area (Å²) in [5.74, 6) is -0.600. The highest BCUT2D eigenvalue weighted by atomic mass is 16.5. The van der Waals surface area contributed by atoms with Crippen LogP contribution < -0.4 is 0 Å². The minimum atomic E-state index is -0.591. The molecule has 5 nitrogen and oxygen atoms in total. The number of nitrogens with zero attached hydrogens (tertiary/aromatic N) is 2. The van der Waals surface area contributed by atoms with Gasteiger partial charge in [-0.1, -0.05) is 6.08 Å². The zero-order chi connectivity index (χ0) is 13.7. The highest BCUT2D eigenvalue weighted by Gasteiger charge is 2.46. The highest BCUT2D eigenvalue weighted by molar-refractivity contribution is 6.13. The van der Waals surface area contributed by atoms with E-state index in [-0.39, 0.29) is 18.4 Å². The Morgan fingerprint density at radius 2 is 1.61 bits per heavy atom. The van der Waals surface area contributed by atoms with Crippen molar-refractivity contribution in [1.82, 2.24) is 9.96 Å². The second-order valence-electron chi connectivity index (χ2n) is 5.79. The predicted octanol–water partition coefficient (Wildman–Crippen LogP) is 1.10. The monoisotopic (exact) mass is 250 g/mol. The van der Waals surface area contributed by atoms with Crippen LogP contribution in [0.25, 0.3) is 0 Å². The number of amides is 2. The molecule has 0 aliphatic carbocycles. The van der Waals surface area contributed by atoms with E-state index in [2.05, 4.69) is 0 Å². The van der Waals surface area contributed by atoms with Crippen molar-refractivity contribution in [1.29, 1.82) is 0 Å². The molecule has 2 aliphatic rings. The summed E-state index contributed by atoms with van der Waals surface area (Å²) < 4.78 is 0. The minimum absolute atomic E-state index is 0.220. The lowest BCUT2D eigenvalue weighted by Gasteiger charge is -2.36. The fraction of sp³-hybridized carbons (Fsp3) is 0.538. The fourth-order valence-electron chi connectivity index (χ4n) is 2.52. The van der Waals surface area contributed by atoms with Gasteiger partial charge in [0.25, 0.3) is 11.8 Å². The van der Waals surface area contributed by atoms with E-state index < -0.39 is 11.1 Å². The predicted molar refractivity (Wildman–Crippen MR) is 65.7 cm³/mol. The van der Waals surface area contributed by atoms with Gasteiger partial charge in [-0.3, -0.25) is 14.5 Å². The van der Waals surface area contributed by atoms with E-state index in [1.54, 1.807) is 0 Å². The lowest BCUT2D eigenvalue weighted by Crippen LogP contribution is -2.49. The molecule has 0 bridgehead atoms. The maximum atomic E-state index is 11.5. The molecule has 0 saturated carbocycles. The lowest BCUT2D eigenvalue weighted by atomic mass is 9.96. The van der Waals surface area contributed by atoms with Gasteiger partial charge in [0.05, 0.1) is 17.6 Å². The molecule has 0 atom stereocenters. The van der Waals surface area contributed by atoms with Gasteiger partial charge in [0.2, 0.25) is 0 Å². The number of hydrogen-bond acceptors (Lipinski definition) is 4. The van der Waals surface area contributed by atoms with Gasteiger partial charge in [-0.25, -0.2) is 0 Å². The minimum Gasteiger partial charge on any atom is -0.312 e. The Bertz CT molecular complexity index is 457. The molecule has 2 rings (SSSR count). The van der Waals surface area contributed by atoms with Gasteiger partial charge in [-0.2, -0.15) is 5.06 Å². The second-order valence-corrected chi connectivity index (χ2v) is 5.79. The average Bonchev–Trinajstić information content (AvgIpc) is 2.64. The zero-order valence-corrected chi connectivity index (χ0v) is 11.1. The Morgan fingerprint density at radius 1 is 1.11 bits per heavy atom. The van der Waals surface area contributed by atoms with E-state index in [4.69, 9.17) is 0 Å². The van der Waals surface area contributed by atoms with Crippen LogP contribution in [0.15, 0.2) is 23.8 Å². The third kappa shape index (κ3) is 1.79. The van der Waals surface area contributed by atoms with Gasteiger partial charge in [0.1, 0.15) is 0 Å². The van der Waals surface area contributed by atoms with Crippen molar-refractivity contribution in [3.8, 4) is 0 Å². The van der Waals surface area contributed by atoms with Gasteiger partial charge < -0.3 is 5.21 Å². The molecule has 2 heterocycles. The van der Waals surface area contributed by atoms with E-state index >= 15 is 0 Å². The first kappa shape index (κ1) is 13.0. The van der Waals surface area contributed by atoms with Crippen molar-refractivity contribution in [3.63, 3.8) is 0 Å². The van der Waals surface area contributed by atoms with Crippen molar-refractivity contribution >= 4 is 11.8 Å². The lowest BCUT2D eigenvalue weighted by molar-refractivity contribution is -0.185. The molecule has 18 heavy (non-hydrogen) atoms. The molecule has 0 saturated heterocycles. The molecular formula is C13H18N2O3. The molecule has 0 radical (unpaired) electrons. The van der Waals surface area contributed by atoms with E-state index in [1.165, 1.54) is 22.1 Å². The summed E-state index contributed by atoms with van der Waals surface area (Å²) in [6, 6.07) is 0. The van der Waals surface area contributed by atoms with Crippen LogP contribution in [0.4, 0.5) is 0 Å². The normalized spacial score (nSPS) is 26.1. The molecule has 0 aromatic carbocycles. The van der Waals surface area contributed by atoms with E-state index in [0.29, 0.717) is 0 Å². The van der Waals surface area contributed by atoms with Crippen molar-refractivity contribution in [2.45, 2.75) is 38.8 Å².